The number of aliphatic imine (C=N–C) groups is 2. The van der Waals surface area contributed by atoms with Gasteiger partial charge in [0, 0.05) is 0 Å². The van der Waals surface area contributed by atoms with Crippen LogP contribution in [0.5, 0.6) is 0 Å². The van der Waals surface area contributed by atoms with Crippen LogP contribution in [-0.2, 0) is 0 Å². The highest BCUT2D eigenvalue weighted by Gasteiger charge is 2.13. The average Bonchev–Trinajstić information content (AvgIpc) is 2.32. The molecule has 1 aliphatic rings. The summed E-state index contributed by atoms with van der Waals surface area (Å²) in [7, 11) is 0. The van der Waals surface area contributed by atoms with Gasteiger partial charge in [-0.2, -0.15) is 0 Å². The van der Waals surface area contributed by atoms with Crippen LogP contribution in [0.4, 0.5) is 0 Å². The monoisotopic (exact) mass is 148 g/mol. The summed E-state index contributed by atoms with van der Waals surface area (Å²) < 4.78 is 0. The molecule has 11 heavy (non-hydrogen) atoms. The van der Waals surface area contributed by atoms with Gasteiger partial charge < -0.3 is 0 Å². The molecule has 0 aliphatic carbocycles. The second kappa shape index (κ2) is 2.82. The van der Waals surface area contributed by atoms with Gasteiger partial charge in [0.15, 0.2) is 0 Å². The predicted molar refractivity (Wildman–Crippen MR) is 49.4 cm³/mol. The van der Waals surface area contributed by atoms with Gasteiger partial charge >= 0.3 is 0 Å². The Morgan fingerprint density at radius 3 is 1.73 bits per heavy atom. The molecule has 0 atom stereocenters. The predicted octanol–water partition coefficient (Wildman–Crippen LogP) is 1.99. The Hall–Kier alpha value is -1.18. The molecule has 0 radical (unpaired) electrons. The van der Waals surface area contributed by atoms with Crippen molar-refractivity contribution in [3.63, 3.8) is 0 Å². The molecule has 0 saturated heterocycles. The molecular weight excluding hydrogens is 136 g/mol. The summed E-state index contributed by atoms with van der Waals surface area (Å²) in [5, 5.41) is 0. The first-order valence-electron chi connectivity index (χ1n) is 3.54. The van der Waals surface area contributed by atoms with E-state index in [-0.39, 0.29) is 0 Å². The fourth-order valence-corrected chi connectivity index (χ4v) is 1.00. The molecule has 0 aromatic heterocycles. The number of rotatable bonds is 2. The first-order chi connectivity index (χ1) is 5.13. The highest BCUT2D eigenvalue weighted by atomic mass is 15.0. The van der Waals surface area contributed by atoms with Crippen molar-refractivity contribution in [2.24, 2.45) is 9.98 Å². The molecule has 0 saturated carbocycles. The molecule has 0 spiro atoms. The number of hydrogen-bond donors (Lipinski definition) is 0. The van der Waals surface area contributed by atoms with E-state index in [1.807, 2.05) is 13.8 Å². The van der Waals surface area contributed by atoms with E-state index in [9.17, 15) is 0 Å². The molecule has 0 unspecified atom stereocenters. The van der Waals surface area contributed by atoms with Crippen LogP contribution in [0.1, 0.15) is 13.8 Å². The Bertz CT molecular complexity index is 241. The van der Waals surface area contributed by atoms with E-state index in [0.29, 0.717) is 6.67 Å². The highest BCUT2D eigenvalue weighted by molar-refractivity contribution is 6.53. The minimum absolute atomic E-state index is 0.532. The van der Waals surface area contributed by atoms with E-state index in [0.717, 1.165) is 22.6 Å². The largest absolute Gasteiger partial charge is 0.259 e. The van der Waals surface area contributed by atoms with Crippen molar-refractivity contribution in [1.82, 2.24) is 0 Å². The van der Waals surface area contributed by atoms with Gasteiger partial charge in [-0.3, -0.25) is 9.98 Å². The topological polar surface area (TPSA) is 24.7 Å². The van der Waals surface area contributed by atoms with Gasteiger partial charge in [0.05, 0.1) is 11.4 Å². The van der Waals surface area contributed by atoms with E-state index in [1.54, 1.807) is 0 Å². The van der Waals surface area contributed by atoms with Crippen LogP contribution in [-0.4, -0.2) is 18.1 Å². The van der Waals surface area contributed by atoms with Crippen molar-refractivity contribution in [2.75, 3.05) is 6.67 Å². The van der Waals surface area contributed by atoms with Crippen molar-refractivity contribution in [2.45, 2.75) is 13.8 Å². The average molecular weight is 148 g/mol. The van der Waals surface area contributed by atoms with Crippen molar-refractivity contribution >= 4 is 11.4 Å². The zero-order chi connectivity index (χ0) is 8.43. The molecule has 2 heteroatoms. The minimum atomic E-state index is 0.532. The van der Waals surface area contributed by atoms with Crippen molar-refractivity contribution in [3.8, 4) is 0 Å². The molecule has 0 aromatic rings. The molecule has 1 rings (SSSR count). The summed E-state index contributed by atoms with van der Waals surface area (Å²) >= 11 is 0. The summed E-state index contributed by atoms with van der Waals surface area (Å²) in [5.41, 5.74) is 3.75. The van der Waals surface area contributed by atoms with E-state index in [1.165, 1.54) is 0 Å². The van der Waals surface area contributed by atoms with Gasteiger partial charge in [-0.15, -0.1) is 0 Å². The lowest BCUT2D eigenvalue weighted by atomic mass is 10.1. The van der Waals surface area contributed by atoms with Gasteiger partial charge in [0.1, 0.15) is 6.67 Å². The molecule has 0 N–H and O–H groups in total. The smallest absolute Gasteiger partial charge is 0.130 e. The van der Waals surface area contributed by atoms with Crippen LogP contribution < -0.4 is 0 Å². The maximum atomic E-state index is 4.19. The van der Waals surface area contributed by atoms with E-state index >= 15 is 0 Å². The quantitative estimate of drug-likeness (QED) is 0.572. The van der Waals surface area contributed by atoms with Crippen molar-refractivity contribution < 1.29 is 0 Å². The van der Waals surface area contributed by atoms with E-state index < -0.39 is 0 Å². The Kier molecular flexibility index (Phi) is 2.03. The lowest BCUT2D eigenvalue weighted by Crippen LogP contribution is -2.12. The Labute approximate surface area is 67.1 Å². The summed E-state index contributed by atoms with van der Waals surface area (Å²) in [4.78, 5) is 8.38. The summed E-state index contributed by atoms with van der Waals surface area (Å²) in [6.07, 6.45) is 0. The SMILES string of the molecule is C=C(C)C1=NCN=C1C(=C)C. The third-order valence-corrected chi connectivity index (χ3v) is 1.49. The van der Waals surface area contributed by atoms with Gasteiger partial charge in [-0.05, 0) is 25.0 Å². The molecule has 0 amide bonds. The molecule has 0 bridgehead atoms. The van der Waals surface area contributed by atoms with Crippen LogP contribution in [0, 0.1) is 0 Å². The summed E-state index contributed by atoms with van der Waals surface area (Å²) in [6, 6.07) is 0. The number of hydrogen-bond acceptors (Lipinski definition) is 2. The fraction of sp³-hybridized carbons (Fsp3) is 0.333. The fourth-order valence-electron chi connectivity index (χ4n) is 1.00. The molecule has 0 aromatic carbocycles. The Balaban J connectivity index is 2.93. The van der Waals surface area contributed by atoms with Crippen LogP contribution >= 0.6 is 0 Å². The second-order valence-corrected chi connectivity index (χ2v) is 2.72. The van der Waals surface area contributed by atoms with Crippen LogP contribution in [0.25, 0.3) is 0 Å². The first kappa shape index (κ1) is 7.92. The Morgan fingerprint density at radius 2 is 1.45 bits per heavy atom. The normalized spacial score (nSPS) is 15.8. The lowest BCUT2D eigenvalue weighted by molar-refractivity contribution is 1.10. The molecule has 0 fully saturated rings. The van der Waals surface area contributed by atoms with Gasteiger partial charge in [0.2, 0.25) is 0 Å². The zero-order valence-corrected chi connectivity index (χ0v) is 7.02. The van der Waals surface area contributed by atoms with Crippen molar-refractivity contribution in [1.29, 1.82) is 0 Å². The maximum absolute atomic E-state index is 4.19. The minimum Gasteiger partial charge on any atom is -0.259 e. The first-order valence-corrected chi connectivity index (χ1v) is 3.54. The highest BCUT2D eigenvalue weighted by Crippen LogP contribution is 2.09. The van der Waals surface area contributed by atoms with Crippen molar-refractivity contribution in [3.05, 3.63) is 24.3 Å². The number of allylic oxidation sites excluding steroid dienone is 2. The van der Waals surface area contributed by atoms with E-state index in [2.05, 4.69) is 23.1 Å². The molecule has 58 valence electrons. The molecular formula is C9H12N2. The van der Waals surface area contributed by atoms with Gasteiger partial charge in [-0.25, -0.2) is 0 Å². The molecule has 2 nitrogen and oxygen atoms in total. The van der Waals surface area contributed by atoms with Gasteiger partial charge in [0.25, 0.3) is 0 Å². The maximum Gasteiger partial charge on any atom is 0.130 e. The third-order valence-electron chi connectivity index (χ3n) is 1.49. The van der Waals surface area contributed by atoms with E-state index in [4.69, 9.17) is 0 Å². The van der Waals surface area contributed by atoms with Crippen LogP contribution in [0.3, 0.4) is 0 Å². The third kappa shape index (κ3) is 1.45. The summed E-state index contributed by atoms with van der Waals surface area (Å²) in [5.74, 6) is 0. The summed E-state index contributed by atoms with van der Waals surface area (Å²) in [6.45, 7) is 12.0. The van der Waals surface area contributed by atoms with Crippen LogP contribution in [0.2, 0.25) is 0 Å². The lowest BCUT2D eigenvalue weighted by Gasteiger charge is -2.02. The molecule has 1 heterocycles. The standard InChI is InChI=1S/C9H12N2/c1-6(2)8-9(7(3)4)11-5-10-8/h1,3,5H2,2,4H3. The van der Waals surface area contributed by atoms with Gasteiger partial charge in [-0.1, -0.05) is 13.2 Å². The Morgan fingerprint density at radius 1 is 1.09 bits per heavy atom. The number of nitrogens with zero attached hydrogens (tertiary/aromatic N) is 2. The van der Waals surface area contributed by atoms with Crippen LogP contribution in [0.15, 0.2) is 34.3 Å². The molecule has 1 aliphatic heterocycles. The second-order valence-electron chi connectivity index (χ2n) is 2.72. The zero-order valence-electron chi connectivity index (χ0n) is 7.02.